The molecule has 1 saturated heterocycles. The zero-order chi connectivity index (χ0) is 11.8. The maximum absolute atomic E-state index is 3.62. The van der Waals surface area contributed by atoms with Crippen molar-refractivity contribution in [3.8, 4) is 0 Å². The first-order valence-corrected chi connectivity index (χ1v) is 6.83. The van der Waals surface area contributed by atoms with Crippen molar-refractivity contribution in [3.63, 3.8) is 0 Å². The van der Waals surface area contributed by atoms with Gasteiger partial charge < -0.3 is 15.1 Å². The predicted octanol–water partition coefficient (Wildman–Crippen LogP) is 1.40. The molecule has 0 spiro atoms. The summed E-state index contributed by atoms with van der Waals surface area (Å²) in [6.07, 6.45) is 5.24. The zero-order valence-corrected chi connectivity index (χ0v) is 11.3. The molecule has 0 aromatic heterocycles. The molecule has 1 unspecified atom stereocenters. The van der Waals surface area contributed by atoms with Crippen molar-refractivity contribution < 1.29 is 0 Å². The fourth-order valence-corrected chi connectivity index (χ4v) is 2.32. The molecule has 96 valence electrons. The van der Waals surface area contributed by atoms with E-state index in [1.807, 2.05) is 0 Å². The molecule has 1 fully saturated rings. The molecule has 0 aromatic carbocycles. The molecular formula is C13H29N3. The lowest BCUT2D eigenvalue weighted by Gasteiger charge is -2.23. The van der Waals surface area contributed by atoms with Gasteiger partial charge in [-0.1, -0.05) is 6.92 Å². The Morgan fingerprint density at radius 2 is 2.12 bits per heavy atom. The van der Waals surface area contributed by atoms with Crippen LogP contribution in [0, 0.1) is 0 Å². The van der Waals surface area contributed by atoms with Gasteiger partial charge in [0.15, 0.2) is 0 Å². The van der Waals surface area contributed by atoms with Crippen molar-refractivity contribution in [1.29, 1.82) is 0 Å². The molecule has 0 bridgehead atoms. The monoisotopic (exact) mass is 227 g/mol. The second kappa shape index (κ2) is 8.04. The van der Waals surface area contributed by atoms with Crippen LogP contribution in [0.5, 0.6) is 0 Å². The number of hydrogen-bond acceptors (Lipinski definition) is 3. The van der Waals surface area contributed by atoms with Crippen LogP contribution in [0.1, 0.15) is 32.6 Å². The summed E-state index contributed by atoms with van der Waals surface area (Å²) in [6, 6.07) is 0.719. The zero-order valence-electron chi connectivity index (χ0n) is 11.3. The number of hydrogen-bond donors (Lipinski definition) is 1. The molecule has 1 N–H and O–H groups in total. The number of unbranched alkanes of at least 4 members (excludes halogenated alkanes) is 1. The number of nitrogens with zero attached hydrogens (tertiary/aromatic N) is 2. The van der Waals surface area contributed by atoms with E-state index in [1.54, 1.807) is 0 Å². The molecule has 0 amide bonds. The van der Waals surface area contributed by atoms with Crippen LogP contribution in [0.4, 0.5) is 0 Å². The summed E-state index contributed by atoms with van der Waals surface area (Å²) in [5.74, 6) is 0. The quantitative estimate of drug-likeness (QED) is 0.692. The smallest absolute Gasteiger partial charge is 0.0192 e. The summed E-state index contributed by atoms with van der Waals surface area (Å²) in [7, 11) is 4.31. The first-order valence-electron chi connectivity index (χ1n) is 6.83. The topological polar surface area (TPSA) is 18.5 Å². The van der Waals surface area contributed by atoms with E-state index in [2.05, 4.69) is 36.1 Å². The Morgan fingerprint density at radius 1 is 1.31 bits per heavy atom. The van der Waals surface area contributed by atoms with Crippen LogP contribution in [-0.4, -0.2) is 62.7 Å². The lowest BCUT2D eigenvalue weighted by atomic mass is 10.2. The fraction of sp³-hybridized carbons (Fsp3) is 1.00. The first-order chi connectivity index (χ1) is 7.72. The lowest BCUT2D eigenvalue weighted by molar-refractivity contribution is 0.255. The number of nitrogens with one attached hydrogen (secondary N) is 1. The van der Waals surface area contributed by atoms with E-state index in [-0.39, 0.29) is 0 Å². The van der Waals surface area contributed by atoms with Gasteiger partial charge in [0, 0.05) is 12.6 Å². The lowest BCUT2D eigenvalue weighted by Crippen LogP contribution is -2.37. The average molecular weight is 227 g/mol. The van der Waals surface area contributed by atoms with Crippen LogP contribution in [0.2, 0.25) is 0 Å². The molecule has 1 aliphatic rings. The Balaban J connectivity index is 2.14. The SMILES string of the molecule is CCC1CN(CCCCN(C)C)CCCN1. The van der Waals surface area contributed by atoms with Gasteiger partial charge in [-0.2, -0.15) is 0 Å². The van der Waals surface area contributed by atoms with Gasteiger partial charge in [0.05, 0.1) is 0 Å². The van der Waals surface area contributed by atoms with E-state index in [0.717, 1.165) is 6.04 Å². The summed E-state index contributed by atoms with van der Waals surface area (Å²) in [6.45, 7) is 8.53. The Morgan fingerprint density at radius 3 is 2.81 bits per heavy atom. The van der Waals surface area contributed by atoms with Crippen LogP contribution in [-0.2, 0) is 0 Å². The normalized spacial score (nSPS) is 23.6. The highest BCUT2D eigenvalue weighted by atomic mass is 15.2. The van der Waals surface area contributed by atoms with Gasteiger partial charge in [0.2, 0.25) is 0 Å². The Hall–Kier alpha value is -0.120. The molecule has 3 heteroatoms. The average Bonchev–Trinajstić information content (AvgIpc) is 2.49. The van der Waals surface area contributed by atoms with Crippen molar-refractivity contribution in [3.05, 3.63) is 0 Å². The van der Waals surface area contributed by atoms with Gasteiger partial charge in [-0.15, -0.1) is 0 Å². The molecule has 1 rings (SSSR count). The van der Waals surface area contributed by atoms with Crippen molar-refractivity contribution in [1.82, 2.24) is 15.1 Å². The molecule has 0 radical (unpaired) electrons. The maximum Gasteiger partial charge on any atom is 0.0192 e. The molecule has 0 saturated carbocycles. The molecule has 1 atom stereocenters. The summed E-state index contributed by atoms with van der Waals surface area (Å²) in [5, 5.41) is 3.62. The highest BCUT2D eigenvalue weighted by molar-refractivity contribution is 4.75. The van der Waals surface area contributed by atoms with Gasteiger partial charge in [-0.3, -0.25) is 0 Å². The van der Waals surface area contributed by atoms with Crippen molar-refractivity contribution in [2.24, 2.45) is 0 Å². The highest BCUT2D eigenvalue weighted by Crippen LogP contribution is 2.05. The second-order valence-electron chi connectivity index (χ2n) is 5.22. The predicted molar refractivity (Wildman–Crippen MR) is 70.9 cm³/mol. The number of rotatable bonds is 6. The Bertz CT molecular complexity index is 171. The van der Waals surface area contributed by atoms with Crippen molar-refractivity contribution in [2.45, 2.75) is 38.6 Å². The Labute approximate surface area is 101 Å². The maximum atomic E-state index is 3.62. The molecule has 0 aliphatic carbocycles. The second-order valence-corrected chi connectivity index (χ2v) is 5.22. The van der Waals surface area contributed by atoms with E-state index in [9.17, 15) is 0 Å². The summed E-state index contributed by atoms with van der Waals surface area (Å²) < 4.78 is 0. The van der Waals surface area contributed by atoms with Crippen molar-refractivity contribution >= 4 is 0 Å². The Kier molecular flexibility index (Phi) is 7.01. The minimum absolute atomic E-state index is 0.719. The highest BCUT2D eigenvalue weighted by Gasteiger charge is 2.15. The minimum atomic E-state index is 0.719. The largest absolute Gasteiger partial charge is 0.313 e. The molecule has 1 aliphatic heterocycles. The van der Waals surface area contributed by atoms with Gasteiger partial charge >= 0.3 is 0 Å². The van der Waals surface area contributed by atoms with Crippen LogP contribution < -0.4 is 5.32 Å². The third-order valence-electron chi connectivity index (χ3n) is 3.39. The van der Waals surface area contributed by atoms with Crippen LogP contribution in [0.3, 0.4) is 0 Å². The van der Waals surface area contributed by atoms with Crippen LogP contribution in [0.25, 0.3) is 0 Å². The van der Waals surface area contributed by atoms with E-state index in [0.29, 0.717) is 0 Å². The van der Waals surface area contributed by atoms with E-state index in [1.165, 1.54) is 58.4 Å². The summed E-state index contributed by atoms with van der Waals surface area (Å²) >= 11 is 0. The van der Waals surface area contributed by atoms with Gasteiger partial charge in [0.1, 0.15) is 0 Å². The molecule has 3 nitrogen and oxygen atoms in total. The summed E-state index contributed by atoms with van der Waals surface area (Å²) in [5.41, 5.74) is 0. The van der Waals surface area contributed by atoms with E-state index in [4.69, 9.17) is 0 Å². The third kappa shape index (κ3) is 5.83. The van der Waals surface area contributed by atoms with Gasteiger partial charge in [-0.05, 0) is 66.0 Å². The molecule has 1 heterocycles. The van der Waals surface area contributed by atoms with Crippen molar-refractivity contribution in [2.75, 3.05) is 46.8 Å². The van der Waals surface area contributed by atoms with Gasteiger partial charge in [-0.25, -0.2) is 0 Å². The third-order valence-corrected chi connectivity index (χ3v) is 3.39. The standard InChI is InChI=1S/C13H29N3/c1-4-13-12-16(11-7-8-14-13)10-6-5-9-15(2)3/h13-14H,4-12H2,1-3H3. The molecule has 0 aromatic rings. The fourth-order valence-electron chi connectivity index (χ4n) is 2.32. The van der Waals surface area contributed by atoms with Gasteiger partial charge in [0.25, 0.3) is 0 Å². The van der Waals surface area contributed by atoms with Crippen LogP contribution in [0.15, 0.2) is 0 Å². The summed E-state index contributed by atoms with van der Waals surface area (Å²) in [4.78, 5) is 4.92. The van der Waals surface area contributed by atoms with E-state index < -0.39 is 0 Å². The minimum Gasteiger partial charge on any atom is -0.313 e. The van der Waals surface area contributed by atoms with Crippen LogP contribution >= 0.6 is 0 Å². The first kappa shape index (κ1) is 13.9. The molecule has 16 heavy (non-hydrogen) atoms. The van der Waals surface area contributed by atoms with E-state index >= 15 is 0 Å². The molecular weight excluding hydrogens is 198 g/mol.